The van der Waals surface area contributed by atoms with Gasteiger partial charge in [-0.2, -0.15) is 4.57 Å². The maximum atomic E-state index is 10.9. The first-order valence-electron chi connectivity index (χ1n) is 9.54. The highest BCUT2D eigenvalue weighted by atomic mass is 32.2. The summed E-state index contributed by atoms with van der Waals surface area (Å²) in [5.41, 5.74) is 11.8. The van der Waals surface area contributed by atoms with Crippen molar-refractivity contribution in [3.05, 3.63) is 77.6 Å². The number of fused-ring (bicyclic) bond motifs is 2. The number of pyridine rings is 1. The summed E-state index contributed by atoms with van der Waals surface area (Å²) < 4.78 is 2.14. The van der Waals surface area contributed by atoms with Gasteiger partial charge in [-0.1, -0.05) is 42.1 Å². The van der Waals surface area contributed by atoms with E-state index in [9.17, 15) is 4.79 Å². The minimum atomic E-state index is -0.962. The molecule has 29 heavy (non-hydrogen) atoms. The molecule has 0 saturated heterocycles. The van der Waals surface area contributed by atoms with Crippen molar-refractivity contribution >= 4 is 40.4 Å². The van der Waals surface area contributed by atoms with Crippen molar-refractivity contribution in [3.63, 3.8) is 0 Å². The number of rotatable bonds is 6. The Morgan fingerprint density at radius 3 is 2.79 bits per heavy atom. The molecule has 1 aromatic heterocycles. The van der Waals surface area contributed by atoms with Crippen molar-refractivity contribution in [1.29, 1.82) is 0 Å². The first-order chi connectivity index (χ1) is 14.0. The van der Waals surface area contributed by atoms with Gasteiger partial charge < -0.3 is 15.7 Å². The van der Waals surface area contributed by atoms with Gasteiger partial charge in [0.1, 0.15) is 6.04 Å². The Kier molecular flexibility index (Phi) is 5.56. The first-order valence-corrected chi connectivity index (χ1v) is 10.7. The zero-order valence-electron chi connectivity index (χ0n) is 16.3. The van der Waals surface area contributed by atoms with Crippen molar-refractivity contribution in [2.45, 2.75) is 18.3 Å². The second-order valence-electron chi connectivity index (χ2n) is 7.20. The highest BCUT2D eigenvalue weighted by molar-refractivity contribution is 7.98. The van der Waals surface area contributed by atoms with Crippen molar-refractivity contribution in [1.82, 2.24) is 0 Å². The van der Waals surface area contributed by atoms with Crippen molar-refractivity contribution < 1.29 is 14.5 Å². The SMILES string of the molecule is CN1C(=Cc2cc[n+](CSCC(N)C(=O)O)c3ccccc23)Cc2ccccc21. The van der Waals surface area contributed by atoms with Crippen LogP contribution >= 0.6 is 11.8 Å². The first kappa shape index (κ1) is 19.5. The Balaban J connectivity index is 1.62. The fraction of sp³-hybridized carbons (Fsp3) is 0.217. The molecule has 1 aliphatic heterocycles. The summed E-state index contributed by atoms with van der Waals surface area (Å²) in [5, 5.41) is 10.1. The van der Waals surface area contributed by atoms with E-state index in [4.69, 9.17) is 10.8 Å². The highest BCUT2D eigenvalue weighted by Crippen LogP contribution is 2.34. The van der Waals surface area contributed by atoms with E-state index in [1.54, 1.807) is 0 Å². The van der Waals surface area contributed by atoms with Crippen LogP contribution in [-0.4, -0.2) is 29.9 Å². The molecule has 1 aliphatic rings. The van der Waals surface area contributed by atoms with Gasteiger partial charge in [0, 0.05) is 42.7 Å². The molecule has 0 bridgehead atoms. The number of nitrogens with zero attached hydrogens (tertiary/aromatic N) is 2. The van der Waals surface area contributed by atoms with Crippen molar-refractivity contribution in [2.75, 3.05) is 17.7 Å². The third kappa shape index (κ3) is 3.99. The van der Waals surface area contributed by atoms with Crippen LogP contribution in [0.5, 0.6) is 0 Å². The van der Waals surface area contributed by atoms with Gasteiger partial charge in [0.05, 0.1) is 5.39 Å². The molecule has 0 fully saturated rings. The molecule has 3 N–H and O–H groups in total. The number of thioether (sulfide) groups is 1. The van der Waals surface area contributed by atoms with Gasteiger partial charge in [-0.25, -0.2) is 0 Å². The number of para-hydroxylation sites is 2. The molecule has 3 aromatic rings. The van der Waals surface area contributed by atoms with Crippen LogP contribution in [0.25, 0.3) is 17.0 Å². The topological polar surface area (TPSA) is 70.4 Å². The molecule has 1 unspecified atom stereocenters. The monoisotopic (exact) mass is 406 g/mol. The predicted octanol–water partition coefficient (Wildman–Crippen LogP) is 3.26. The van der Waals surface area contributed by atoms with E-state index in [2.05, 4.69) is 77.3 Å². The molecule has 1 atom stereocenters. The van der Waals surface area contributed by atoms with E-state index in [0.717, 1.165) is 11.9 Å². The van der Waals surface area contributed by atoms with E-state index in [0.29, 0.717) is 11.6 Å². The number of nitrogens with two attached hydrogens (primary N) is 1. The second-order valence-corrected chi connectivity index (χ2v) is 8.20. The Hall–Kier alpha value is -2.83. The second kappa shape index (κ2) is 8.27. The quantitative estimate of drug-likeness (QED) is 0.615. The summed E-state index contributed by atoms with van der Waals surface area (Å²) in [6, 6.07) is 18.1. The molecule has 148 valence electrons. The lowest BCUT2D eigenvalue weighted by molar-refractivity contribution is -0.649. The zero-order chi connectivity index (χ0) is 20.4. The molecule has 0 spiro atoms. The van der Waals surface area contributed by atoms with Crippen molar-refractivity contribution in [3.8, 4) is 0 Å². The molecule has 5 nitrogen and oxygen atoms in total. The van der Waals surface area contributed by atoms with Crippen LogP contribution in [-0.2, 0) is 17.1 Å². The number of allylic oxidation sites excluding steroid dienone is 1. The standard InChI is InChI=1S/C23H23N3O2S/c1-25-18(13-17-6-2-4-8-21(17)25)12-16-10-11-26(15-29-14-20(24)23(27)28)22-9-5-3-7-19(16)22/h2-12,20H,13-15,24H2,1H3/p+1. The molecule has 2 aromatic carbocycles. The summed E-state index contributed by atoms with van der Waals surface area (Å²) in [6.45, 7) is 0. The molecule has 0 amide bonds. The number of carboxylic acid groups (broad SMARTS) is 1. The minimum absolute atomic E-state index is 0.380. The van der Waals surface area contributed by atoms with E-state index >= 15 is 0 Å². The number of aromatic nitrogens is 1. The van der Waals surface area contributed by atoms with Gasteiger partial charge in [-0.3, -0.25) is 4.79 Å². The van der Waals surface area contributed by atoms with Gasteiger partial charge in [-0.05, 0) is 29.3 Å². The Morgan fingerprint density at radius 2 is 2.00 bits per heavy atom. The highest BCUT2D eigenvalue weighted by Gasteiger charge is 2.21. The molecule has 4 rings (SSSR count). The number of hydrogen-bond acceptors (Lipinski definition) is 4. The van der Waals surface area contributed by atoms with Gasteiger partial charge >= 0.3 is 5.97 Å². The Morgan fingerprint density at radius 1 is 1.24 bits per heavy atom. The lowest BCUT2D eigenvalue weighted by Gasteiger charge is -2.15. The third-order valence-electron chi connectivity index (χ3n) is 5.28. The number of hydrogen-bond donors (Lipinski definition) is 2. The molecular formula is C23H24N3O2S+. The van der Waals surface area contributed by atoms with E-state index < -0.39 is 12.0 Å². The predicted molar refractivity (Wildman–Crippen MR) is 119 cm³/mol. The van der Waals surface area contributed by atoms with E-state index in [-0.39, 0.29) is 0 Å². The fourth-order valence-electron chi connectivity index (χ4n) is 3.68. The number of anilines is 1. The van der Waals surface area contributed by atoms with Gasteiger partial charge in [0.15, 0.2) is 12.1 Å². The van der Waals surface area contributed by atoms with E-state index in [1.165, 1.54) is 39.7 Å². The molecule has 6 heteroatoms. The van der Waals surface area contributed by atoms with Crippen LogP contribution in [0.3, 0.4) is 0 Å². The maximum Gasteiger partial charge on any atom is 0.321 e. The third-order valence-corrected chi connectivity index (χ3v) is 6.34. The fourth-order valence-corrected chi connectivity index (χ4v) is 4.60. The van der Waals surface area contributed by atoms with Gasteiger partial charge in [0.2, 0.25) is 5.52 Å². The summed E-state index contributed by atoms with van der Waals surface area (Å²) in [4.78, 5) is 13.2. The Bertz CT molecular complexity index is 1100. The maximum absolute atomic E-state index is 10.9. The Labute approximate surface area is 174 Å². The van der Waals surface area contributed by atoms with Crippen LogP contribution < -0.4 is 15.2 Å². The summed E-state index contributed by atoms with van der Waals surface area (Å²) in [7, 11) is 2.12. The number of carbonyl (C=O) groups is 1. The molecule has 0 radical (unpaired) electrons. The van der Waals surface area contributed by atoms with Gasteiger partial charge in [-0.15, -0.1) is 0 Å². The van der Waals surface area contributed by atoms with Gasteiger partial charge in [0.25, 0.3) is 0 Å². The number of likely N-dealkylation sites (N-methyl/N-ethyl adjacent to an activating group) is 1. The van der Waals surface area contributed by atoms with Crippen molar-refractivity contribution in [2.24, 2.45) is 5.73 Å². The van der Waals surface area contributed by atoms with Crippen LogP contribution in [0.4, 0.5) is 5.69 Å². The average Bonchev–Trinajstić information content (AvgIpc) is 3.05. The summed E-state index contributed by atoms with van der Waals surface area (Å²) >= 11 is 1.52. The normalized spacial score (nSPS) is 15.7. The lowest BCUT2D eigenvalue weighted by Crippen LogP contribution is -2.36. The smallest absolute Gasteiger partial charge is 0.321 e. The van der Waals surface area contributed by atoms with E-state index in [1.807, 2.05) is 6.07 Å². The molecule has 0 aliphatic carbocycles. The number of carboxylic acids is 1. The van der Waals surface area contributed by atoms with Crippen LogP contribution in [0, 0.1) is 0 Å². The van der Waals surface area contributed by atoms with Crippen LogP contribution in [0.15, 0.2) is 66.5 Å². The summed E-state index contributed by atoms with van der Waals surface area (Å²) in [5.74, 6) is 0.0749. The minimum Gasteiger partial charge on any atom is -0.480 e. The largest absolute Gasteiger partial charge is 0.480 e. The number of benzene rings is 2. The van der Waals surface area contributed by atoms with Crippen LogP contribution in [0.1, 0.15) is 11.1 Å². The summed E-state index contributed by atoms with van der Waals surface area (Å²) in [6.07, 6.45) is 5.26. The average molecular weight is 407 g/mol. The zero-order valence-corrected chi connectivity index (χ0v) is 17.1. The molecule has 0 saturated carbocycles. The molecular weight excluding hydrogens is 382 g/mol. The lowest BCUT2D eigenvalue weighted by atomic mass is 10.1. The molecule has 2 heterocycles. The van der Waals surface area contributed by atoms with Crippen LogP contribution in [0.2, 0.25) is 0 Å². The number of aliphatic carboxylic acids is 1.